The minimum Gasteiger partial charge on any atom is -0.383 e. The molecule has 0 aliphatic carbocycles. The van der Waals surface area contributed by atoms with Gasteiger partial charge in [-0.15, -0.1) is 0 Å². The molecule has 16 heavy (non-hydrogen) atoms. The summed E-state index contributed by atoms with van der Waals surface area (Å²) in [5.41, 5.74) is 0.824. The number of carbonyl (C=O) groups is 1. The van der Waals surface area contributed by atoms with Crippen molar-refractivity contribution >= 4 is 5.91 Å². The van der Waals surface area contributed by atoms with E-state index in [-0.39, 0.29) is 5.91 Å². The maximum absolute atomic E-state index is 11.4. The lowest BCUT2D eigenvalue weighted by molar-refractivity contribution is -0.120. The van der Waals surface area contributed by atoms with E-state index in [4.69, 9.17) is 4.74 Å². The van der Waals surface area contributed by atoms with Crippen molar-refractivity contribution in [3.8, 4) is 0 Å². The van der Waals surface area contributed by atoms with Crippen LogP contribution in [0.15, 0.2) is 12.3 Å². The van der Waals surface area contributed by atoms with Gasteiger partial charge >= 0.3 is 0 Å². The molecule has 0 radical (unpaired) electrons. The van der Waals surface area contributed by atoms with E-state index in [1.165, 1.54) is 0 Å². The van der Waals surface area contributed by atoms with Gasteiger partial charge in [-0.05, 0) is 6.07 Å². The minimum atomic E-state index is -0.00204. The van der Waals surface area contributed by atoms with Gasteiger partial charge < -0.3 is 15.4 Å². The zero-order chi connectivity index (χ0) is 11.6. The van der Waals surface area contributed by atoms with Crippen molar-refractivity contribution in [1.29, 1.82) is 0 Å². The summed E-state index contributed by atoms with van der Waals surface area (Å²) >= 11 is 0. The third kappa shape index (κ3) is 5.47. The Labute approximate surface area is 94.8 Å². The summed E-state index contributed by atoms with van der Waals surface area (Å²) in [5.74, 6) is -0.00204. The van der Waals surface area contributed by atoms with Crippen LogP contribution in [0.25, 0.3) is 0 Å². The number of hydrogen-bond acceptors (Lipinski definition) is 4. The number of amides is 1. The van der Waals surface area contributed by atoms with Crippen LogP contribution in [-0.2, 0) is 16.0 Å². The second kappa shape index (κ2) is 7.84. The lowest BCUT2D eigenvalue weighted by atomic mass is 10.3. The highest BCUT2D eigenvalue weighted by Crippen LogP contribution is 1.91. The van der Waals surface area contributed by atoms with Crippen LogP contribution < -0.4 is 10.6 Å². The van der Waals surface area contributed by atoms with Gasteiger partial charge in [0.25, 0.3) is 0 Å². The molecular weight excluding hydrogens is 208 g/mol. The van der Waals surface area contributed by atoms with Crippen molar-refractivity contribution in [1.82, 2.24) is 20.8 Å². The summed E-state index contributed by atoms with van der Waals surface area (Å²) < 4.78 is 4.88. The van der Waals surface area contributed by atoms with Gasteiger partial charge in [-0.25, -0.2) is 0 Å². The normalized spacial score (nSPS) is 10.3. The van der Waals surface area contributed by atoms with E-state index in [2.05, 4.69) is 20.8 Å². The second-order valence-corrected chi connectivity index (χ2v) is 3.35. The summed E-state index contributed by atoms with van der Waals surface area (Å²) in [5, 5.41) is 12.5. The first kappa shape index (κ1) is 12.7. The Hall–Kier alpha value is -1.40. The molecule has 0 aromatic carbocycles. The number of hydrogen-bond donors (Lipinski definition) is 3. The molecule has 1 rings (SSSR count). The first-order chi connectivity index (χ1) is 7.83. The molecule has 0 unspecified atom stereocenters. The highest BCUT2D eigenvalue weighted by atomic mass is 16.5. The number of methoxy groups -OCH3 is 1. The van der Waals surface area contributed by atoms with Crippen LogP contribution in [0, 0.1) is 0 Å². The van der Waals surface area contributed by atoms with Gasteiger partial charge in [-0.2, -0.15) is 5.10 Å². The van der Waals surface area contributed by atoms with E-state index < -0.39 is 0 Å². The molecule has 0 saturated carbocycles. The van der Waals surface area contributed by atoms with E-state index in [1.54, 1.807) is 19.4 Å². The van der Waals surface area contributed by atoms with Crippen LogP contribution in [-0.4, -0.2) is 49.5 Å². The van der Waals surface area contributed by atoms with Crippen molar-refractivity contribution in [2.45, 2.75) is 6.42 Å². The average Bonchev–Trinajstić information content (AvgIpc) is 2.76. The van der Waals surface area contributed by atoms with Crippen molar-refractivity contribution in [2.75, 3.05) is 33.4 Å². The molecule has 0 spiro atoms. The second-order valence-electron chi connectivity index (χ2n) is 3.35. The molecule has 0 saturated heterocycles. The van der Waals surface area contributed by atoms with Gasteiger partial charge in [-0.1, -0.05) is 0 Å². The maximum Gasteiger partial charge on any atom is 0.226 e. The van der Waals surface area contributed by atoms with Crippen LogP contribution in [0.4, 0.5) is 0 Å². The fourth-order valence-corrected chi connectivity index (χ4v) is 1.21. The van der Waals surface area contributed by atoms with E-state index in [9.17, 15) is 4.79 Å². The van der Waals surface area contributed by atoms with E-state index in [1.807, 2.05) is 0 Å². The lowest BCUT2D eigenvalue weighted by Crippen LogP contribution is -2.33. The number of rotatable bonds is 8. The third-order valence-corrected chi connectivity index (χ3v) is 2.02. The molecule has 0 bridgehead atoms. The van der Waals surface area contributed by atoms with Gasteiger partial charge in [0.15, 0.2) is 0 Å². The number of ether oxygens (including phenoxy) is 1. The molecule has 1 amide bonds. The fourth-order valence-electron chi connectivity index (χ4n) is 1.21. The van der Waals surface area contributed by atoms with Gasteiger partial charge in [0, 0.05) is 38.6 Å². The summed E-state index contributed by atoms with van der Waals surface area (Å²) in [6.07, 6.45) is 1.98. The summed E-state index contributed by atoms with van der Waals surface area (Å²) in [6, 6.07) is 1.79. The molecule has 6 nitrogen and oxygen atoms in total. The van der Waals surface area contributed by atoms with Crippen LogP contribution >= 0.6 is 0 Å². The van der Waals surface area contributed by atoms with E-state index in [0.717, 1.165) is 18.8 Å². The first-order valence-corrected chi connectivity index (χ1v) is 5.27. The predicted octanol–water partition coefficient (Wildman–Crippen LogP) is -0.696. The Morgan fingerprint density at radius 1 is 1.50 bits per heavy atom. The standard InChI is InChI=1S/C10H18N4O2/c1-16-7-6-11-4-5-12-10(15)8-9-2-3-13-14-9/h2-3,11H,4-8H2,1H3,(H,12,15)(H,13,14). The molecule has 0 fully saturated rings. The fraction of sp³-hybridized carbons (Fsp3) is 0.600. The lowest BCUT2D eigenvalue weighted by Gasteiger charge is -2.05. The molecule has 1 aromatic rings. The monoisotopic (exact) mass is 226 g/mol. The number of H-pyrrole nitrogens is 1. The molecule has 6 heteroatoms. The molecular formula is C10H18N4O2. The highest BCUT2D eigenvalue weighted by Gasteiger charge is 2.02. The molecule has 90 valence electrons. The quantitative estimate of drug-likeness (QED) is 0.512. The number of carbonyl (C=O) groups excluding carboxylic acids is 1. The summed E-state index contributed by atoms with van der Waals surface area (Å²) in [6.45, 7) is 2.85. The van der Waals surface area contributed by atoms with Crippen molar-refractivity contribution < 1.29 is 9.53 Å². The number of aromatic amines is 1. The zero-order valence-corrected chi connectivity index (χ0v) is 9.45. The average molecular weight is 226 g/mol. The Morgan fingerprint density at radius 2 is 2.38 bits per heavy atom. The van der Waals surface area contributed by atoms with Crippen molar-refractivity contribution in [2.24, 2.45) is 0 Å². The van der Waals surface area contributed by atoms with Crippen LogP contribution in [0.3, 0.4) is 0 Å². The zero-order valence-electron chi connectivity index (χ0n) is 9.45. The first-order valence-electron chi connectivity index (χ1n) is 5.27. The molecule has 3 N–H and O–H groups in total. The predicted molar refractivity (Wildman–Crippen MR) is 60.0 cm³/mol. The molecule has 0 aliphatic rings. The maximum atomic E-state index is 11.4. The highest BCUT2D eigenvalue weighted by molar-refractivity contribution is 5.77. The van der Waals surface area contributed by atoms with Gasteiger partial charge in [0.1, 0.15) is 0 Å². The van der Waals surface area contributed by atoms with Crippen LogP contribution in [0.5, 0.6) is 0 Å². The molecule has 0 atom stereocenters. The SMILES string of the molecule is COCCNCCNC(=O)Cc1ccn[nH]1. The number of nitrogens with one attached hydrogen (secondary N) is 3. The van der Waals surface area contributed by atoms with Crippen molar-refractivity contribution in [3.05, 3.63) is 18.0 Å². The Bertz CT molecular complexity index is 287. The Balaban J connectivity index is 1.98. The smallest absolute Gasteiger partial charge is 0.226 e. The van der Waals surface area contributed by atoms with Gasteiger partial charge in [0.05, 0.1) is 13.0 Å². The summed E-state index contributed by atoms with van der Waals surface area (Å²) in [4.78, 5) is 11.4. The third-order valence-electron chi connectivity index (χ3n) is 2.02. The largest absolute Gasteiger partial charge is 0.383 e. The number of nitrogens with zero attached hydrogens (tertiary/aromatic N) is 1. The summed E-state index contributed by atoms with van der Waals surface area (Å²) in [7, 11) is 1.66. The van der Waals surface area contributed by atoms with E-state index >= 15 is 0 Å². The Morgan fingerprint density at radius 3 is 3.06 bits per heavy atom. The Kier molecular flexibility index (Phi) is 6.20. The van der Waals surface area contributed by atoms with Gasteiger partial charge in [0.2, 0.25) is 5.91 Å². The molecule has 1 heterocycles. The minimum absolute atomic E-state index is 0.00204. The molecule has 0 aliphatic heterocycles. The van der Waals surface area contributed by atoms with Gasteiger partial charge in [-0.3, -0.25) is 9.89 Å². The van der Waals surface area contributed by atoms with Crippen molar-refractivity contribution in [3.63, 3.8) is 0 Å². The number of aromatic nitrogens is 2. The molecule has 1 aromatic heterocycles. The van der Waals surface area contributed by atoms with Crippen LogP contribution in [0.2, 0.25) is 0 Å². The van der Waals surface area contributed by atoms with E-state index in [0.29, 0.717) is 19.6 Å². The topological polar surface area (TPSA) is 79.0 Å². The van der Waals surface area contributed by atoms with Crippen LogP contribution in [0.1, 0.15) is 5.69 Å².